The van der Waals surface area contributed by atoms with Crippen molar-refractivity contribution < 1.29 is 27.1 Å². The third-order valence-electron chi connectivity index (χ3n) is 5.19. The van der Waals surface area contributed by atoms with Crippen LogP contribution < -0.4 is 10.0 Å². The fourth-order valence-corrected chi connectivity index (χ4v) is 4.43. The van der Waals surface area contributed by atoms with Gasteiger partial charge in [-0.3, -0.25) is 9.52 Å². The molecule has 0 aliphatic carbocycles. The summed E-state index contributed by atoms with van der Waals surface area (Å²) in [7, 11) is -4.01. The summed E-state index contributed by atoms with van der Waals surface area (Å²) in [4.78, 5) is 25.8. The predicted octanol–water partition coefficient (Wildman–Crippen LogP) is 3.29. The summed E-state index contributed by atoms with van der Waals surface area (Å²) >= 11 is 0. The van der Waals surface area contributed by atoms with E-state index < -0.39 is 15.8 Å². The first-order chi connectivity index (χ1) is 15.2. The van der Waals surface area contributed by atoms with Crippen molar-refractivity contribution in [3.63, 3.8) is 0 Å². The molecule has 0 bridgehead atoms. The lowest BCUT2D eigenvalue weighted by atomic mass is 10.0. The van der Waals surface area contributed by atoms with Crippen LogP contribution in [0.3, 0.4) is 0 Å². The number of nitrogens with zero attached hydrogens (tertiary/aromatic N) is 1. The summed E-state index contributed by atoms with van der Waals surface area (Å²) in [5, 5.41) is 2.92. The number of aryl methyl sites for hydroxylation is 1. The van der Waals surface area contributed by atoms with Gasteiger partial charge in [0.25, 0.3) is 15.9 Å². The molecule has 172 valence electrons. The highest BCUT2D eigenvalue weighted by Gasteiger charge is 2.25. The first-order valence-corrected chi connectivity index (χ1v) is 11.8. The number of anilines is 1. The van der Waals surface area contributed by atoms with Crippen LogP contribution in [0.2, 0.25) is 0 Å². The van der Waals surface area contributed by atoms with Gasteiger partial charge in [-0.15, -0.1) is 0 Å². The van der Waals surface area contributed by atoms with Gasteiger partial charge in [0.15, 0.2) is 0 Å². The highest BCUT2D eigenvalue weighted by atomic mass is 32.2. The zero-order chi connectivity index (χ0) is 23.3. The molecule has 2 amide bonds. The number of nitrogens with one attached hydrogen (secondary N) is 2. The molecule has 2 N–H and O–H groups in total. The van der Waals surface area contributed by atoms with Gasteiger partial charge in [0, 0.05) is 30.4 Å². The van der Waals surface area contributed by atoms with Crippen LogP contribution in [0.5, 0.6) is 0 Å². The number of amides is 2. The maximum Gasteiger partial charge on any atom is 0.409 e. The molecule has 0 radical (unpaired) electrons. The van der Waals surface area contributed by atoms with Crippen LogP contribution >= 0.6 is 0 Å². The minimum atomic E-state index is -4.01. The van der Waals surface area contributed by atoms with Gasteiger partial charge in [-0.2, -0.15) is 0 Å². The zero-order valence-electron chi connectivity index (χ0n) is 17.9. The second-order valence-corrected chi connectivity index (χ2v) is 9.21. The number of ether oxygens (including phenoxy) is 1. The quantitative estimate of drug-likeness (QED) is 0.684. The molecule has 0 saturated carbocycles. The Morgan fingerprint density at radius 1 is 1.16 bits per heavy atom. The summed E-state index contributed by atoms with van der Waals surface area (Å²) in [5.74, 6) is -0.961. The van der Waals surface area contributed by atoms with Gasteiger partial charge in [-0.05, 0) is 62.6 Å². The molecule has 2 aromatic carbocycles. The van der Waals surface area contributed by atoms with Crippen molar-refractivity contribution in [3.8, 4) is 0 Å². The molecule has 1 fully saturated rings. The topological polar surface area (TPSA) is 105 Å². The number of carbonyl (C=O) groups is 2. The molecule has 3 rings (SSSR count). The number of sulfonamides is 1. The monoisotopic (exact) mass is 463 g/mol. The van der Waals surface area contributed by atoms with Gasteiger partial charge < -0.3 is 15.0 Å². The molecule has 0 atom stereocenters. The number of carbonyl (C=O) groups excluding carboxylic acids is 2. The van der Waals surface area contributed by atoms with Crippen LogP contribution in [0.25, 0.3) is 0 Å². The number of hydrogen-bond donors (Lipinski definition) is 2. The van der Waals surface area contributed by atoms with Crippen LogP contribution in [0, 0.1) is 12.7 Å². The Morgan fingerprint density at radius 2 is 1.88 bits per heavy atom. The summed E-state index contributed by atoms with van der Waals surface area (Å²) in [5.41, 5.74) is 0.819. The summed E-state index contributed by atoms with van der Waals surface area (Å²) in [6.45, 7) is 4.57. The van der Waals surface area contributed by atoms with Gasteiger partial charge in [0.05, 0.1) is 11.5 Å². The van der Waals surface area contributed by atoms with E-state index >= 15 is 0 Å². The minimum absolute atomic E-state index is 0.107. The largest absolute Gasteiger partial charge is 0.450 e. The average molecular weight is 464 g/mol. The van der Waals surface area contributed by atoms with Crippen molar-refractivity contribution in [2.45, 2.75) is 37.6 Å². The summed E-state index contributed by atoms with van der Waals surface area (Å²) in [6.07, 6.45) is 0.830. The molecule has 0 unspecified atom stereocenters. The number of hydrogen-bond acceptors (Lipinski definition) is 5. The highest BCUT2D eigenvalue weighted by Crippen LogP contribution is 2.20. The lowest BCUT2D eigenvalue weighted by Gasteiger charge is -2.31. The van der Waals surface area contributed by atoms with Crippen LogP contribution in [-0.4, -0.2) is 51.1 Å². The number of piperidine rings is 1. The van der Waals surface area contributed by atoms with E-state index in [0.717, 1.165) is 6.07 Å². The molecule has 0 spiro atoms. The van der Waals surface area contributed by atoms with E-state index in [1.807, 2.05) is 0 Å². The van der Waals surface area contributed by atoms with Crippen molar-refractivity contribution >= 4 is 27.7 Å². The Balaban J connectivity index is 1.62. The van der Waals surface area contributed by atoms with Crippen molar-refractivity contribution in [1.82, 2.24) is 10.2 Å². The minimum Gasteiger partial charge on any atom is -0.450 e. The van der Waals surface area contributed by atoms with E-state index in [2.05, 4.69) is 10.0 Å². The Morgan fingerprint density at radius 3 is 2.53 bits per heavy atom. The van der Waals surface area contributed by atoms with E-state index in [0.29, 0.717) is 38.1 Å². The van der Waals surface area contributed by atoms with Crippen molar-refractivity contribution in [3.05, 3.63) is 59.4 Å². The molecule has 2 aromatic rings. The van der Waals surface area contributed by atoms with E-state index in [9.17, 15) is 22.4 Å². The maximum atomic E-state index is 13.8. The summed E-state index contributed by atoms with van der Waals surface area (Å²) in [6, 6.07) is 9.63. The Labute approximate surface area is 186 Å². The van der Waals surface area contributed by atoms with Gasteiger partial charge >= 0.3 is 6.09 Å². The first-order valence-electron chi connectivity index (χ1n) is 10.3. The molecule has 1 heterocycles. The predicted molar refractivity (Wildman–Crippen MR) is 117 cm³/mol. The first kappa shape index (κ1) is 23.5. The van der Waals surface area contributed by atoms with Crippen LogP contribution in [0.1, 0.15) is 35.7 Å². The number of likely N-dealkylation sites (tertiary alicyclic amines) is 1. The van der Waals surface area contributed by atoms with Crippen molar-refractivity contribution in [2.75, 3.05) is 24.4 Å². The van der Waals surface area contributed by atoms with Crippen LogP contribution in [-0.2, 0) is 14.8 Å². The molecular formula is C22H26FN3O5S. The van der Waals surface area contributed by atoms with Gasteiger partial charge in [-0.25, -0.2) is 17.6 Å². The normalized spacial score (nSPS) is 14.7. The van der Waals surface area contributed by atoms with Crippen molar-refractivity contribution in [2.24, 2.45) is 0 Å². The third kappa shape index (κ3) is 5.76. The molecule has 0 aromatic heterocycles. The van der Waals surface area contributed by atoms with E-state index in [-0.39, 0.29) is 34.2 Å². The summed E-state index contributed by atoms with van der Waals surface area (Å²) < 4.78 is 46.3. The molecule has 10 heteroatoms. The standard InChI is InChI=1S/C22H26FN3O5S/c1-3-31-22(28)26-11-9-17(10-12-26)24-21(27)16-5-4-6-18(13-16)25-32(29,30)19-8-7-15(2)20(23)14-19/h4-8,13-14,17,25H,3,9-12H2,1-2H3,(H,24,27). The van der Waals surface area contributed by atoms with Crippen LogP contribution in [0.4, 0.5) is 14.9 Å². The molecular weight excluding hydrogens is 437 g/mol. The molecule has 1 aliphatic rings. The Kier molecular flexibility index (Phi) is 7.34. The van der Waals surface area contributed by atoms with Gasteiger partial charge in [0.1, 0.15) is 5.82 Å². The number of benzene rings is 2. The maximum absolute atomic E-state index is 13.8. The van der Waals surface area contributed by atoms with E-state index in [1.54, 1.807) is 30.9 Å². The lowest BCUT2D eigenvalue weighted by Crippen LogP contribution is -2.46. The highest BCUT2D eigenvalue weighted by molar-refractivity contribution is 7.92. The average Bonchev–Trinajstić information content (AvgIpc) is 2.76. The third-order valence-corrected chi connectivity index (χ3v) is 6.57. The SMILES string of the molecule is CCOC(=O)N1CCC(NC(=O)c2cccc(NS(=O)(=O)c3ccc(C)c(F)c3)c2)CC1. The second kappa shape index (κ2) is 9.99. The molecule has 32 heavy (non-hydrogen) atoms. The Hall–Kier alpha value is -3.14. The lowest BCUT2D eigenvalue weighted by molar-refractivity contribution is 0.0860. The van der Waals surface area contributed by atoms with E-state index in [1.165, 1.54) is 24.3 Å². The van der Waals surface area contributed by atoms with Gasteiger partial charge in [-0.1, -0.05) is 12.1 Å². The van der Waals surface area contributed by atoms with Crippen molar-refractivity contribution in [1.29, 1.82) is 0 Å². The van der Waals surface area contributed by atoms with Crippen LogP contribution in [0.15, 0.2) is 47.4 Å². The Bertz CT molecular complexity index is 1100. The zero-order valence-corrected chi connectivity index (χ0v) is 18.7. The molecule has 1 aliphatic heterocycles. The number of rotatable bonds is 6. The number of halogens is 1. The van der Waals surface area contributed by atoms with E-state index in [4.69, 9.17) is 4.74 Å². The fourth-order valence-electron chi connectivity index (χ4n) is 3.37. The smallest absolute Gasteiger partial charge is 0.409 e. The second-order valence-electron chi connectivity index (χ2n) is 7.53. The molecule has 1 saturated heterocycles. The molecule has 8 nitrogen and oxygen atoms in total. The van der Waals surface area contributed by atoms with Gasteiger partial charge in [0.2, 0.25) is 0 Å². The fraction of sp³-hybridized carbons (Fsp3) is 0.364.